The van der Waals surface area contributed by atoms with E-state index >= 15 is 0 Å². The average Bonchev–Trinajstić information content (AvgIpc) is 2.83. The Balaban J connectivity index is 1.60. The molecule has 0 aromatic rings. The van der Waals surface area contributed by atoms with E-state index in [1.54, 1.807) is 0 Å². The molecule has 17 heavy (non-hydrogen) atoms. The number of thiocarbonyl (C=S) groups is 1. The second-order valence-corrected chi connectivity index (χ2v) is 5.48. The van der Waals surface area contributed by atoms with Crippen LogP contribution in [-0.4, -0.2) is 55.4 Å². The van der Waals surface area contributed by atoms with E-state index in [9.17, 15) is 0 Å². The number of likely N-dealkylation sites (tertiary alicyclic amines) is 1. The van der Waals surface area contributed by atoms with E-state index in [2.05, 4.69) is 22.6 Å². The van der Waals surface area contributed by atoms with E-state index < -0.39 is 0 Å². The molecule has 0 aromatic heterocycles. The summed E-state index contributed by atoms with van der Waals surface area (Å²) in [6.07, 6.45) is 5.05. The maximum absolute atomic E-state index is 5.55. The molecule has 2 saturated heterocycles. The second kappa shape index (κ2) is 6.52. The van der Waals surface area contributed by atoms with Gasteiger partial charge in [0, 0.05) is 19.2 Å². The summed E-state index contributed by atoms with van der Waals surface area (Å²) in [4.78, 5) is 2.36. The smallest absolute Gasteiger partial charge is 0.166 e. The van der Waals surface area contributed by atoms with Gasteiger partial charge in [0.25, 0.3) is 0 Å². The maximum Gasteiger partial charge on any atom is 0.166 e. The molecule has 1 unspecified atom stereocenters. The molecule has 0 spiro atoms. The molecule has 2 heterocycles. The van der Waals surface area contributed by atoms with Crippen LogP contribution in [0, 0.1) is 0 Å². The van der Waals surface area contributed by atoms with Crippen LogP contribution in [0.25, 0.3) is 0 Å². The molecule has 98 valence electrons. The van der Waals surface area contributed by atoms with Gasteiger partial charge in [-0.1, -0.05) is 0 Å². The molecule has 0 bridgehead atoms. The summed E-state index contributed by atoms with van der Waals surface area (Å²) in [6.45, 7) is 4.07. The number of hydrogen-bond donors (Lipinski definition) is 2. The summed E-state index contributed by atoms with van der Waals surface area (Å²) in [5.41, 5.74) is 0. The van der Waals surface area contributed by atoms with Gasteiger partial charge in [-0.3, -0.25) is 0 Å². The minimum atomic E-state index is 0.354. The molecule has 2 N–H and O–H groups in total. The van der Waals surface area contributed by atoms with Crippen molar-refractivity contribution < 1.29 is 4.74 Å². The zero-order valence-corrected chi connectivity index (χ0v) is 11.4. The number of nitrogens with zero attached hydrogens (tertiary/aromatic N) is 1. The van der Waals surface area contributed by atoms with Gasteiger partial charge < -0.3 is 20.3 Å². The molecule has 2 fully saturated rings. The van der Waals surface area contributed by atoms with Crippen molar-refractivity contribution in [1.29, 1.82) is 0 Å². The molecule has 2 rings (SSSR count). The first-order valence-corrected chi connectivity index (χ1v) is 6.99. The third-order valence-corrected chi connectivity index (χ3v) is 3.83. The van der Waals surface area contributed by atoms with E-state index in [1.807, 2.05) is 0 Å². The molecule has 0 saturated carbocycles. The molecule has 2 aliphatic heterocycles. The third kappa shape index (κ3) is 4.41. The molecule has 0 aromatic carbocycles. The lowest BCUT2D eigenvalue weighted by atomic mass is 10.1. The van der Waals surface area contributed by atoms with Crippen LogP contribution >= 0.6 is 12.2 Å². The molecule has 2 aliphatic rings. The van der Waals surface area contributed by atoms with Crippen LogP contribution in [0.2, 0.25) is 0 Å². The number of hydrogen-bond acceptors (Lipinski definition) is 3. The predicted octanol–water partition coefficient (Wildman–Crippen LogP) is 0.724. The van der Waals surface area contributed by atoms with Gasteiger partial charge >= 0.3 is 0 Å². The Hall–Kier alpha value is -0.390. The Morgan fingerprint density at radius 1 is 1.35 bits per heavy atom. The van der Waals surface area contributed by atoms with Gasteiger partial charge in [-0.25, -0.2) is 0 Å². The van der Waals surface area contributed by atoms with Crippen LogP contribution in [0.5, 0.6) is 0 Å². The highest BCUT2D eigenvalue weighted by molar-refractivity contribution is 7.80. The van der Waals surface area contributed by atoms with Crippen LogP contribution in [0.15, 0.2) is 0 Å². The first-order valence-electron chi connectivity index (χ1n) is 6.58. The van der Waals surface area contributed by atoms with Gasteiger partial charge in [-0.05, 0) is 58.0 Å². The lowest BCUT2D eigenvalue weighted by Crippen LogP contribution is -2.48. The van der Waals surface area contributed by atoms with Crippen molar-refractivity contribution in [3.8, 4) is 0 Å². The Kier molecular flexibility index (Phi) is 5.00. The molecule has 0 radical (unpaired) electrons. The molecule has 0 amide bonds. The van der Waals surface area contributed by atoms with Gasteiger partial charge in [-0.2, -0.15) is 0 Å². The van der Waals surface area contributed by atoms with Gasteiger partial charge in [0.2, 0.25) is 0 Å². The third-order valence-electron chi connectivity index (χ3n) is 3.57. The fourth-order valence-electron chi connectivity index (χ4n) is 2.40. The molecule has 1 atom stereocenters. The molecule has 5 heteroatoms. The number of piperidine rings is 1. The average molecular weight is 257 g/mol. The fourth-order valence-corrected chi connectivity index (χ4v) is 2.65. The Labute approximate surface area is 109 Å². The van der Waals surface area contributed by atoms with Gasteiger partial charge in [0.05, 0.1) is 6.10 Å². The summed E-state index contributed by atoms with van der Waals surface area (Å²) in [5.74, 6) is 0. The van der Waals surface area contributed by atoms with Gasteiger partial charge in [0.1, 0.15) is 0 Å². The van der Waals surface area contributed by atoms with Crippen LogP contribution in [-0.2, 0) is 4.74 Å². The van der Waals surface area contributed by atoms with Crippen LogP contribution in [0.3, 0.4) is 0 Å². The zero-order chi connectivity index (χ0) is 12.1. The standard InChI is InChI=1S/C12H23N3OS/c1-15-6-4-10(5-7-15)14-12(17)13-9-11-3-2-8-16-11/h10-11H,2-9H2,1H3,(H2,13,14,17). The summed E-state index contributed by atoms with van der Waals surface area (Å²) < 4.78 is 5.55. The SMILES string of the molecule is CN1CCC(NC(=S)NCC2CCCO2)CC1. The van der Waals surface area contributed by atoms with Gasteiger partial charge in [0.15, 0.2) is 5.11 Å². The summed E-state index contributed by atoms with van der Waals surface area (Å²) in [7, 11) is 2.17. The number of rotatable bonds is 3. The van der Waals surface area contributed by atoms with Crippen molar-refractivity contribution in [2.75, 3.05) is 33.3 Å². The summed E-state index contributed by atoms with van der Waals surface area (Å²) >= 11 is 5.31. The minimum absolute atomic E-state index is 0.354. The zero-order valence-electron chi connectivity index (χ0n) is 10.6. The molecular formula is C12H23N3OS. The molecule has 4 nitrogen and oxygen atoms in total. The maximum atomic E-state index is 5.55. The highest BCUT2D eigenvalue weighted by Crippen LogP contribution is 2.11. The summed E-state index contributed by atoms with van der Waals surface area (Å²) in [6, 6.07) is 0.538. The van der Waals surface area contributed by atoms with Gasteiger partial charge in [-0.15, -0.1) is 0 Å². The van der Waals surface area contributed by atoms with Crippen LogP contribution in [0.4, 0.5) is 0 Å². The summed E-state index contributed by atoms with van der Waals surface area (Å²) in [5, 5.41) is 7.45. The minimum Gasteiger partial charge on any atom is -0.376 e. The van der Waals surface area contributed by atoms with E-state index in [0.29, 0.717) is 12.1 Å². The lowest BCUT2D eigenvalue weighted by molar-refractivity contribution is 0.114. The largest absolute Gasteiger partial charge is 0.376 e. The van der Waals surface area contributed by atoms with Crippen molar-refractivity contribution in [2.45, 2.75) is 37.8 Å². The highest BCUT2D eigenvalue weighted by atomic mass is 32.1. The van der Waals surface area contributed by atoms with Crippen molar-refractivity contribution in [2.24, 2.45) is 0 Å². The quantitative estimate of drug-likeness (QED) is 0.729. The van der Waals surface area contributed by atoms with E-state index in [0.717, 1.165) is 37.8 Å². The highest BCUT2D eigenvalue weighted by Gasteiger charge is 2.18. The first-order chi connectivity index (χ1) is 8.24. The topological polar surface area (TPSA) is 36.5 Å². The predicted molar refractivity (Wildman–Crippen MR) is 73.2 cm³/mol. The van der Waals surface area contributed by atoms with Crippen LogP contribution < -0.4 is 10.6 Å². The lowest BCUT2D eigenvalue weighted by Gasteiger charge is -2.30. The van der Waals surface area contributed by atoms with E-state index in [-0.39, 0.29) is 0 Å². The molecule has 0 aliphatic carbocycles. The van der Waals surface area contributed by atoms with Crippen molar-refractivity contribution in [3.05, 3.63) is 0 Å². The van der Waals surface area contributed by atoms with Crippen molar-refractivity contribution in [1.82, 2.24) is 15.5 Å². The van der Waals surface area contributed by atoms with Crippen molar-refractivity contribution in [3.63, 3.8) is 0 Å². The molecular weight excluding hydrogens is 234 g/mol. The van der Waals surface area contributed by atoms with E-state index in [1.165, 1.54) is 19.3 Å². The normalized spacial score (nSPS) is 27.0. The fraction of sp³-hybridized carbons (Fsp3) is 0.917. The first kappa shape index (κ1) is 13.1. The van der Waals surface area contributed by atoms with Crippen molar-refractivity contribution >= 4 is 17.3 Å². The van der Waals surface area contributed by atoms with Crippen LogP contribution in [0.1, 0.15) is 25.7 Å². The number of ether oxygens (including phenoxy) is 1. The monoisotopic (exact) mass is 257 g/mol. The second-order valence-electron chi connectivity index (χ2n) is 5.07. The Bertz CT molecular complexity index is 248. The van der Waals surface area contributed by atoms with E-state index in [4.69, 9.17) is 17.0 Å². The Morgan fingerprint density at radius 2 is 2.12 bits per heavy atom. The number of nitrogens with one attached hydrogen (secondary N) is 2. The Morgan fingerprint density at radius 3 is 2.76 bits per heavy atom.